The van der Waals surface area contributed by atoms with Gasteiger partial charge in [0.25, 0.3) is 0 Å². The van der Waals surface area contributed by atoms with Gasteiger partial charge in [-0.1, -0.05) is 42.3 Å². The quantitative estimate of drug-likeness (QED) is 0.645. The van der Waals surface area contributed by atoms with Gasteiger partial charge in [-0.25, -0.2) is 4.39 Å². The molecule has 2 rings (SSSR count). The Hall–Kier alpha value is -0.770. The molecule has 0 heterocycles. The van der Waals surface area contributed by atoms with Crippen molar-refractivity contribution in [3.05, 3.63) is 62.3 Å². The van der Waals surface area contributed by atoms with Crippen molar-refractivity contribution >= 4 is 44.8 Å². The Bertz CT molecular complexity index is 578. The van der Waals surface area contributed by atoms with Crippen LogP contribution in [0.5, 0.6) is 0 Å². The van der Waals surface area contributed by atoms with Gasteiger partial charge in [0.05, 0.1) is 16.8 Å². The molecule has 0 amide bonds. The Morgan fingerprint density at radius 2 is 1.85 bits per heavy atom. The fraction of sp³-hybridized carbons (Fsp3) is 0.200. The number of benzene rings is 2. The largest absolute Gasteiger partial charge is 0.376 e. The number of anilines is 1. The highest BCUT2D eigenvalue weighted by atomic mass is 79.9. The molecule has 0 aromatic heterocycles. The van der Waals surface area contributed by atoms with E-state index in [2.05, 4.69) is 28.2 Å². The zero-order valence-electron chi connectivity index (χ0n) is 10.8. The third-order valence-electron chi connectivity index (χ3n) is 3.01. The van der Waals surface area contributed by atoms with Crippen LogP contribution in [-0.2, 0) is 0 Å². The first kappa shape index (κ1) is 15.6. The molecule has 0 bridgehead atoms. The molecule has 0 aliphatic rings. The van der Waals surface area contributed by atoms with Crippen LogP contribution in [0, 0.1) is 5.82 Å². The van der Waals surface area contributed by atoms with Gasteiger partial charge in [-0.05, 0) is 52.2 Å². The van der Waals surface area contributed by atoms with Gasteiger partial charge < -0.3 is 5.32 Å². The summed E-state index contributed by atoms with van der Waals surface area (Å²) in [4.78, 5) is 0. The van der Waals surface area contributed by atoms with Crippen LogP contribution in [0.1, 0.15) is 24.9 Å². The second-order valence-electron chi connectivity index (χ2n) is 4.40. The minimum Gasteiger partial charge on any atom is -0.376 e. The Balaban J connectivity index is 2.29. The van der Waals surface area contributed by atoms with Crippen molar-refractivity contribution in [3.63, 3.8) is 0 Å². The smallest absolute Gasteiger partial charge is 0.125 e. The first-order valence-electron chi connectivity index (χ1n) is 6.17. The highest BCUT2D eigenvalue weighted by molar-refractivity contribution is 9.10. The number of nitrogens with one attached hydrogen (secondary N) is 1. The monoisotopic (exact) mass is 375 g/mol. The topological polar surface area (TPSA) is 12.0 Å². The first-order valence-corrected chi connectivity index (χ1v) is 7.72. The van der Waals surface area contributed by atoms with Gasteiger partial charge >= 0.3 is 0 Å². The molecule has 1 unspecified atom stereocenters. The summed E-state index contributed by atoms with van der Waals surface area (Å²) in [6.45, 7) is 2.07. The Morgan fingerprint density at radius 3 is 2.40 bits per heavy atom. The lowest BCUT2D eigenvalue weighted by Crippen LogP contribution is -2.10. The van der Waals surface area contributed by atoms with Crippen LogP contribution in [0.25, 0.3) is 0 Å². The van der Waals surface area contributed by atoms with Crippen molar-refractivity contribution in [2.24, 2.45) is 0 Å². The van der Waals surface area contributed by atoms with Crippen LogP contribution >= 0.6 is 39.1 Å². The maximum absolute atomic E-state index is 13.2. The zero-order valence-corrected chi connectivity index (χ0v) is 13.9. The van der Waals surface area contributed by atoms with Gasteiger partial charge in [-0.3, -0.25) is 0 Å². The molecular formula is C15H13BrCl2FN. The lowest BCUT2D eigenvalue weighted by Gasteiger charge is -2.21. The summed E-state index contributed by atoms with van der Waals surface area (Å²) < 4.78 is 13.8. The van der Waals surface area contributed by atoms with E-state index in [-0.39, 0.29) is 11.9 Å². The molecule has 2 aromatic carbocycles. The number of halogens is 4. The summed E-state index contributed by atoms with van der Waals surface area (Å²) in [5, 5.41) is 4.39. The highest BCUT2D eigenvalue weighted by Crippen LogP contribution is 2.35. The molecule has 1 nitrogen and oxygen atoms in total. The van der Waals surface area contributed by atoms with E-state index in [0.29, 0.717) is 20.2 Å². The minimum atomic E-state index is -0.369. The van der Waals surface area contributed by atoms with Crippen LogP contribution in [-0.4, -0.2) is 0 Å². The lowest BCUT2D eigenvalue weighted by atomic mass is 10.0. The van der Waals surface area contributed by atoms with E-state index >= 15 is 0 Å². The molecule has 1 N–H and O–H groups in total. The second-order valence-corrected chi connectivity index (χ2v) is 6.10. The molecule has 0 radical (unpaired) electrons. The Kier molecular flexibility index (Phi) is 5.30. The van der Waals surface area contributed by atoms with Crippen LogP contribution < -0.4 is 5.32 Å². The average Bonchev–Trinajstić information content (AvgIpc) is 2.39. The predicted molar refractivity (Wildman–Crippen MR) is 87.2 cm³/mol. The maximum Gasteiger partial charge on any atom is 0.125 e. The van der Waals surface area contributed by atoms with E-state index < -0.39 is 0 Å². The van der Waals surface area contributed by atoms with Gasteiger partial charge in [0.2, 0.25) is 0 Å². The molecule has 0 saturated heterocycles. The molecule has 0 aliphatic carbocycles. The molecule has 0 saturated carbocycles. The summed E-state index contributed by atoms with van der Waals surface area (Å²) in [5.74, 6) is -0.369. The second kappa shape index (κ2) is 6.79. The molecular weight excluding hydrogens is 364 g/mol. The standard InChI is InChI=1S/C15H13BrCl2FN/c1-2-14(9-3-5-10(17)6-4-9)20-15-12(16)7-11(19)8-13(15)18/h3-8,14,20H,2H2,1H3. The van der Waals surface area contributed by atoms with Gasteiger partial charge in [0.15, 0.2) is 0 Å². The van der Waals surface area contributed by atoms with E-state index in [0.717, 1.165) is 12.0 Å². The van der Waals surface area contributed by atoms with Gasteiger partial charge in [-0.2, -0.15) is 0 Å². The van der Waals surface area contributed by atoms with Crippen LogP contribution in [0.2, 0.25) is 10.0 Å². The van der Waals surface area contributed by atoms with Crippen LogP contribution in [0.3, 0.4) is 0 Å². The van der Waals surface area contributed by atoms with Crippen molar-refractivity contribution in [1.29, 1.82) is 0 Å². The third kappa shape index (κ3) is 3.66. The molecule has 2 aromatic rings. The Morgan fingerprint density at radius 1 is 1.20 bits per heavy atom. The highest BCUT2D eigenvalue weighted by Gasteiger charge is 2.14. The van der Waals surface area contributed by atoms with E-state index in [1.807, 2.05) is 24.3 Å². The van der Waals surface area contributed by atoms with E-state index in [9.17, 15) is 4.39 Å². The first-order chi connectivity index (χ1) is 9.51. The minimum absolute atomic E-state index is 0.0755. The molecule has 5 heteroatoms. The van der Waals surface area contributed by atoms with Gasteiger partial charge in [0, 0.05) is 9.50 Å². The fourth-order valence-corrected chi connectivity index (χ4v) is 3.02. The number of hydrogen-bond donors (Lipinski definition) is 1. The lowest BCUT2D eigenvalue weighted by molar-refractivity contribution is 0.627. The van der Waals surface area contributed by atoms with Crippen LogP contribution in [0.4, 0.5) is 10.1 Å². The van der Waals surface area contributed by atoms with Crippen molar-refractivity contribution in [2.75, 3.05) is 5.32 Å². The summed E-state index contributed by atoms with van der Waals surface area (Å²) >= 11 is 15.3. The molecule has 106 valence electrons. The van der Waals surface area contributed by atoms with Crippen molar-refractivity contribution in [1.82, 2.24) is 0 Å². The number of rotatable bonds is 4. The SMILES string of the molecule is CCC(Nc1c(Cl)cc(F)cc1Br)c1ccc(Cl)cc1. The predicted octanol–water partition coefficient (Wildman–Crippen LogP) is 6.46. The molecule has 0 aliphatic heterocycles. The summed E-state index contributed by atoms with van der Waals surface area (Å²) in [5.41, 5.74) is 1.79. The summed E-state index contributed by atoms with van der Waals surface area (Å²) in [6, 6.07) is 10.4. The van der Waals surface area contributed by atoms with Crippen molar-refractivity contribution in [3.8, 4) is 0 Å². The van der Waals surface area contributed by atoms with E-state index in [1.54, 1.807) is 0 Å². The van der Waals surface area contributed by atoms with Gasteiger partial charge in [-0.15, -0.1) is 0 Å². The number of hydrogen-bond acceptors (Lipinski definition) is 1. The van der Waals surface area contributed by atoms with Crippen molar-refractivity contribution in [2.45, 2.75) is 19.4 Å². The zero-order chi connectivity index (χ0) is 14.7. The average molecular weight is 377 g/mol. The van der Waals surface area contributed by atoms with Crippen LogP contribution in [0.15, 0.2) is 40.9 Å². The van der Waals surface area contributed by atoms with E-state index in [1.165, 1.54) is 12.1 Å². The summed E-state index contributed by atoms with van der Waals surface area (Å²) in [6.07, 6.45) is 0.863. The third-order valence-corrected chi connectivity index (χ3v) is 4.18. The molecule has 20 heavy (non-hydrogen) atoms. The van der Waals surface area contributed by atoms with E-state index in [4.69, 9.17) is 23.2 Å². The normalized spacial score (nSPS) is 12.2. The fourth-order valence-electron chi connectivity index (χ4n) is 1.97. The maximum atomic E-state index is 13.2. The van der Waals surface area contributed by atoms with Gasteiger partial charge in [0.1, 0.15) is 5.82 Å². The molecule has 0 fully saturated rings. The molecule has 0 spiro atoms. The summed E-state index contributed by atoms with van der Waals surface area (Å²) in [7, 11) is 0. The Labute approximate surface area is 136 Å². The van der Waals surface area contributed by atoms with Crippen molar-refractivity contribution < 1.29 is 4.39 Å². The molecule has 1 atom stereocenters.